The maximum atomic E-state index is 11.5. The van der Waals surface area contributed by atoms with Crippen molar-refractivity contribution in [2.24, 2.45) is 0 Å². The van der Waals surface area contributed by atoms with Crippen LogP contribution in [0.3, 0.4) is 0 Å². The van der Waals surface area contributed by atoms with Crippen molar-refractivity contribution in [1.82, 2.24) is 14.9 Å². The van der Waals surface area contributed by atoms with Crippen molar-refractivity contribution in [2.45, 2.75) is 25.2 Å². The predicted molar refractivity (Wildman–Crippen MR) is 64.3 cm³/mol. The molecule has 19 heavy (non-hydrogen) atoms. The Morgan fingerprint density at radius 3 is 2.32 bits per heavy atom. The van der Waals surface area contributed by atoms with Crippen LogP contribution in [-0.4, -0.2) is 68.2 Å². The van der Waals surface area contributed by atoms with Crippen LogP contribution in [0.25, 0.3) is 0 Å². The highest BCUT2D eigenvalue weighted by molar-refractivity contribution is 5.90. The van der Waals surface area contributed by atoms with Gasteiger partial charge in [-0.15, -0.1) is 0 Å². The average Bonchev–Trinajstić information content (AvgIpc) is 2.84. The summed E-state index contributed by atoms with van der Waals surface area (Å²) in [6.07, 6.45) is -3.89. The molecule has 3 atom stereocenters. The van der Waals surface area contributed by atoms with Crippen molar-refractivity contribution < 1.29 is 24.9 Å². The molecule has 4 N–H and O–H groups in total. The molecule has 0 spiro atoms. The van der Waals surface area contributed by atoms with E-state index in [0.717, 1.165) is 11.1 Å². The number of amides is 1. The normalized spacial score (nSPS) is 15.7. The zero-order valence-electron chi connectivity index (χ0n) is 10.9. The Morgan fingerprint density at radius 1 is 1.32 bits per heavy atom. The van der Waals surface area contributed by atoms with Crippen molar-refractivity contribution in [3.63, 3.8) is 0 Å². The molecule has 0 aliphatic rings. The zero-order chi connectivity index (χ0) is 14.7. The number of carbonyl (C=O) groups excluding carboxylic acids is 2. The first-order valence-electron chi connectivity index (χ1n) is 5.57. The monoisotopic (exact) mass is 271 g/mol. The zero-order valence-corrected chi connectivity index (χ0v) is 10.9. The summed E-state index contributed by atoms with van der Waals surface area (Å²) >= 11 is 0. The van der Waals surface area contributed by atoms with E-state index in [9.17, 15) is 24.9 Å². The minimum absolute atomic E-state index is 0.0228. The number of H-pyrrole nitrogens is 1. The number of aliphatic hydroxyl groups excluding tert-OH is 3. The van der Waals surface area contributed by atoms with Gasteiger partial charge in [-0.25, -0.2) is 4.98 Å². The van der Waals surface area contributed by atoms with Gasteiger partial charge in [-0.1, -0.05) is 0 Å². The fraction of sp³-hybridized carbons (Fsp3) is 0.545. The first-order chi connectivity index (χ1) is 8.75. The third-order valence-corrected chi connectivity index (χ3v) is 2.59. The number of imidazole rings is 1. The fourth-order valence-corrected chi connectivity index (χ4v) is 1.43. The smallest absolute Gasteiger partial charge is 0.253 e. The molecule has 0 saturated heterocycles. The van der Waals surface area contributed by atoms with Gasteiger partial charge in [0.25, 0.3) is 5.91 Å². The molecule has 1 rings (SSSR count). The van der Waals surface area contributed by atoms with Gasteiger partial charge in [0.05, 0.1) is 11.9 Å². The number of nitrogens with one attached hydrogen (secondary N) is 1. The molecule has 0 fully saturated rings. The highest BCUT2D eigenvalue weighted by atomic mass is 16.4. The van der Waals surface area contributed by atoms with E-state index in [4.69, 9.17) is 0 Å². The number of rotatable bonds is 5. The van der Waals surface area contributed by atoms with Crippen LogP contribution < -0.4 is 0 Å². The molecule has 0 aliphatic carbocycles. The third kappa shape index (κ3) is 3.37. The summed E-state index contributed by atoms with van der Waals surface area (Å²) in [6.45, 7) is 1.29. The van der Waals surface area contributed by atoms with Crippen molar-refractivity contribution in [3.8, 4) is 0 Å². The van der Waals surface area contributed by atoms with Crippen molar-refractivity contribution in [1.29, 1.82) is 0 Å². The van der Waals surface area contributed by atoms with Gasteiger partial charge < -0.3 is 25.2 Å². The maximum Gasteiger partial charge on any atom is 0.253 e. The van der Waals surface area contributed by atoms with Crippen LogP contribution in [-0.2, 0) is 4.79 Å². The van der Waals surface area contributed by atoms with Crippen LogP contribution >= 0.6 is 0 Å². The number of hydrogen-bond acceptors (Lipinski definition) is 6. The van der Waals surface area contributed by atoms with Gasteiger partial charge in [0.15, 0.2) is 17.7 Å². The number of nitrogens with zero attached hydrogens (tertiary/aromatic N) is 2. The molecule has 1 amide bonds. The highest BCUT2D eigenvalue weighted by Crippen LogP contribution is 2.18. The quantitative estimate of drug-likeness (QED) is 0.480. The van der Waals surface area contributed by atoms with Crippen molar-refractivity contribution in [2.75, 3.05) is 14.1 Å². The maximum absolute atomic E-state index is 11.5. The van der Waals surface area contributed by atoms with Gasteiger partial charge in [-0.2, -0.15) is 0 Å². The summed E-state index contributed by atoms with van der Waals surface area (Å²) < 4.78 is 0. The second kappa shape index (κ2) is 5.91. The Bertz CT molecular complexity index is 471. The van der Waals surface area contributed by atoms with E-state index >= 15 is 0 Å². The van der Waals surface area contributed by atoms with Crippen LogP contribution in [0.15, 0.2) is 6.20 Å². The predicted octanol–water partition coefficient (Wildman–Crippen LogP) is -1.54. The summed E-state index contributed by atoms with van der Waals surface area (Å²) in [5, 5.41) is 29.2. The van der Waals surface area contributed by atoms with E-state index in [0.29, 0.717) is 0 Å². The molecule has 0 saturated carbocycles. The van der Waals surface area contributed by atoms with Crippen LogP contribution in [0.1, 0.15) is 29.3 Å². The van der Waals surface area contributed by atoms with Gasteiger partial charge in [0, 0.05) is 21.0 Å². The molecule has 0 radical (unpaired) electrons. The molecule has 0 unspecified atom stereocenters. The minimum Gasteiger partial charge on any atom is -0.387 e. The summed E-state index contributed by atoms with van der Waals surface area (Å²) in [4.78, 5) is 29.8. The second-order valence-electron chi connectivity index (χ2n) is 4.36. The SMILES string of the molecule is CC(=O)c1ncc([C@@H](O)[C@H](O)[C@H](O)C(=O)N(C)C)[nH]1. The van der Waals surface area contributed by atoms with Crippen LogP contribution in [0, 0.1) is 0 Å². The number of carbonyl (C=O) groups is 2. The van der Waals surface area contributed by atoms with E-state index in [2.05, 4.69) is 9.97 Å². The number of ketones is 1. The molecule has 0 bridgehead atoms. The number of aromatic amines is 1. The minimum atomic E-state index is -1.77. The lowest BCUT2D eigenvalue weighted by atomic mass is 10.0. The first kappa shape index (κ1) is 15.3. The topological polar surface area (TPSA) is 127 Å². The van der Waals surface area contributed by atoms with Gasteiger partial charge in [0.1, 0.15) is 12.2 Å². The van der Waals surface area contributed by atoms with Gasteiger partial charge in [-0.05, 0) is 0 Å². The van der Waals surface area contributed by atoms with E-state index in [1.54, 1.807) is 0 Å². The highest BCUT2D eigenvalue weighted by Gasteiger charge is 2.33. The van der Waals surface area contributed by atoms with Gasteiger partial charge in [0.2, 0.25) is 0 Å². The Morgan fingerprint density at radius 2 is 1.89 bits per heavy atom. The summed E-state index contributed by atoms with van der Waals surface area (Å²) in [7, 11) is 2.82. The number of hydrogen-bond donors (Lipinski definition) is 4. The number of Topliss-reactive ketones (excluding diaryl/α,β-unsaturated/α-hetero) is 1. The summed E-state index contributed by atoms with van der Waals surface area (Å²) in [5.41, 5.74) is 0.0447. The van der Waals surface area contributed by atoms with Crippen LogP contribution in [0.4, 0.5) is 0 Å². The van der Waals surface area contributed by atoms with Crippen LogP contribution in [0.2, 0.25) is 0 Å². The average molecular weight is 271 g/mol. The summed E-state index contributed by atoms with van der Waals surface area (Å²) in [6, 6.07) is 0. The molecule has 1 heterocycles. The molecule has 8 heteroatoms. The van der Waals surface area contributed by atoms with Gasteiger partial charge in [-0.3, -0.25) is 9.59 Å². The molecule has 1 aromatic rings. The van der Waals surface area contributed by atoms with Crippen LogP contribution in [0.5, 0.6) is 0 Å². The number of aliphatic hydroxyl groups is 3. The first-order valence-corrected chi connectivity index (χ1v) is 5.57. The fourth-order valence-electron chi connectivity index (χ4n) is 1.43. The molecular weight excluding hydrogens is 254 g/mol. The number of likely N-dealkylation sites (N-methyl/N-ethyl adjacent to an activating group) is 1. The lowest BCUT2D eigenvalue weighted by Crippen LogP contribution is -2.44. The van der Waals surface area contributed by atoms with E-state index in [1.165, 1.54) is 21.0 Å². The molecule has 0 aromatic carbocycles. The van der Waals surface area contributed by atoms with Crippen molar-refractivity contribution in [3.05, 3.63) is 17.7 Å². The third-order valence-electron chi connectivity index (χ3n) is 2.59. The number of aromatic nitrogens is 2. The second-order valence-corrected chi connectivity index (χ2v) is 4.36. The van der Waals surface area contributed by atoms with E-state index in [1.807, 2.05) is 0 Å². The molecule has 1 aromatic heterocycles. The van der Waals surface area contributed by atoms with Crippen molar-refractivity contribution >= 4 is 11.7 Å². The molecule has 106 valence electrons. The standard InChI is InChI=1S/C11H17N3O5/c1-5(15)10-12-4-6(13-10)7(16)8(17)9(18)11(19)14(2)3/h4,7-9,16-18H,1-3H3,(H,12,13)/t7-,8+,9+/m1/s1. The molecular formula is C11H17N3O5. The Balaban J connectivity index is 2.83. The lowest BCUT2D eigenvalue weighted by Gasteiger charge is -2.23. The molecule has 8 nitrogen and oxygen atoms in total. The largest absolute Gasteiger partial charge is 0.387 e. The van der Waals surface area contributed by atoms with E-state index < -0.39 is 24.2 Å². The Hall–Kier alpha value is -1.77. The van der Waals surface area contributed by atoms with Gasteiger partial charge >= 0.3 is 0 Å². The Kier molecular flexibility index (Phi) is 4.76. The van der Waals surface area contributed by atoms with E-state index in [-0.39, 0.29) is 17.3 Å². The lowest BCUT2D eigenvalue weighted by molar-refractivity contribution is -0.149. The molecule has 0 aliphatic heterocycles. The summed E-state index contributed by atoms with van der Waals surface area (Å²) in [5.74, 6) is -1.05. The Labute approximate surface area is 109 Å².